The van der Waals surface area contributed by atoms with Gasteiger partial charge < -0.3 is 14.2 Å². The van der Waals surface area contributed by atoms with E-state index in [1.54, 1.807) is 72.8 Å². The number of nitrogens with one attached hydrogen (secondary N) is 2. The highest BCUT2D eigenvalue weighted by Crippen LogP contribution is 2.42. The molecule has 0 bridgehead atoms. The number of nitrogens with zero attached hydrogens (tertiary/aromatic N) is 2. The Morgan fingerprint density at radius 1 is 0.784 bits per heavy atom. The van der Waals surface area contributed by atoms with Crippen molar-refractivity contribution in [2.24, 2.45) is 0 Å². The Labute approximate surface area is 292 Å². The fraction of sp³-hybridized carbons (Fsp3) is 0.0811. The third-order valence-electron chi connectivity index (χ3n) is 8.32. The molecule has 0 radical (unpaired) electrons. The number of oxazole rings is 1. The van der Waals surface area contributed by atoms with Gasteiger partial charge in [-0.1, -0.05) is 30.3 Å². The monoisotopic (exact) mass is 724 g/mol. The Bertz CT molecular complexity index is 2690. The van der Waals surface area contributed by atoms with Crippen molar-refractivity contribution in [2.75, 3.05) is 29.4 Å². The molecule has 0 aliphatic carbocycles. The summed E-state index contributed by atoms with van der Waals surface area (Å²) in [6.45, 7) is 0. The van der Waals surface area contributed by atoms with Crippen molar-refractivity contribution in [1.82, 2.24) is 10.3 Å². The number of hydrogen-bond donors (Lipinski definition) is 2. The van der Waals surface area contributed by atoms with Crippen molar-refractivity contribution in [3.8, 4) is 33.9 Å². The largest absolute Gasteiger partial charge is 0.455 e. The van der Waals surface area contributed by atoms with Crippen LogP contribution in [0.25, 0.3) is 56.0 Å². The fourth-order valence-corrected chi connectivity index (χ4v) is 7.28. The Balaban J connectivity index is 1.34. The van der Waals surface area contributed by atoms with E-state index in [4.69, 9.17) is 8.83 Å². The van der Waals surface area contributed by atoms with Crippen LogP contribution in [0.15, 0.2) is 123 Å². The predicted octanol–water partition coefficient (Wildman–Crippen LogP) is 7.27. The number of amides is 1. The summed E-state index contributed by atoms with van der Waals surface area (Å²) in [5, 5.41) is 3.04. The van der Waals surface area contributed by atoms with Crippen molar-refractivity contribution in [1.29, 1.82) is 0 Å². The zero-order valence-electron chi connectivity index (χ0n) is 27.3. The molecule has 7 aromatic rings. The first-order chi connectivity index (χ1) is 24.3. The molecule has 0 aliphatic rings. The molecule has 258 valence electrons. The molecule has 2 N–H and O–H groups in total. The molecule has 0 saturated heterocycles. The number of aromatic nitrogens is 1. The minimum Gasteiger partial charge on any atom is -0.455 e. The maximum Gasteiger partial charge on any atom is 0.261 e. The maximum absolute atomic E-state index is 13.8. The van der Waals surface area contributed by atoms with Gasteiger partial charge in [-0.05, 0) is 72.3 Å². The van der Waals surface area contributed by atoms with Crippen LogP contribution in [-0.4, -0.2) is 48.1 Å². The van der Waals surface area contributed by atoms with Crippen molar-refractivity contribution in [3.63, 3.8) is 0 Å². The summed E-state index contributed by atoms with van der Waals surface area (Å²) >= 11 is 0. The maximum atomic E-state index is 13.8. The number of sulfonamides is 2. The van der Waals surface area contributed by atoms with Gasteiger partial charge in [0, 0.05) is 48.3 Å². The van der Waals surface area contributed by atoms with Gasteiger partial charge in [0.05, 0.1) is 28.1 Å². The van der Waals surface area contributed by atoms with Crippen LogP contribution >= 0.6 is 0 Å². The molecular weight excluding hydrogens is 696 g/mol. The zero-order chi connectivity index (χ0) is 36.1. The van der Waals surface area contributed by atoms with E-state index in [0.29, 0.717) is 38.7 Å². The Kier molecular flexibility index (Phi) is 8.35. The summed E-state index contributed by atoms with van der Waals surface area (Å²) in [4.78, 5) is 18.0. The standard InChI is InChI=1S/C37H29FN4O7S2/c1-39-36(43)34-29-20-28(31(42(2)50(3,44)45)21-32(29)48-35(34)22-12-14-25(38)15-13-22)23-8-7-9-24(18-23)37-40-30-17-16-26(19-33(30)49-37)41-51(46,47)27-10-5-4-6-11-27/h4-21,41H,1-3H3,(H,39,43). The Morgan fingerprint density at radius 3 is 2.22 bits per heavy atom. The first kappa shape index (κ1) is 33.5. The smallest absolute Gasteiger partial charge is 0.261 e. The molecule has 0 aliphatic heterocycles. The van der Waals surface area contributed by atoms with Gasteiger partial charge in [-0.2, -0.15) is 0 Å². The summed E-state index contributed by atoms with van der Waals surface area (Å²) in [6, 6.07) is 28.6. The number of anilines is 2. The van der Waals surface area contributed by atoms with Gasteiger partial charge in [0.25, 0.3) is 15.9 Å². The Morgan fingerprint density at radius 2 is 1.51 bits per heavy atom. The molecule has 51 heavy (non-hydrogen) atoms. The van der Waals surface area contributed by atoms with Crippen LogP contribution in [0.4, 0.5) is 15.8 Å². The molecule has 0 fully saturated rings. The second-order valence-corrected chi connectivity index (χ2v) is 15.4. The number of hydrogen-bond acceptors (Lipinski definition) is 8. The molecule has 2 heterocycles. The lowest BCUT2D eigenvalue weighted by atomic mass is 9.97. The van der Waals surface area contributed by atoms with Crippen LogP contribution in [0.2, 0.25) is 0 Å². The van der Waals surface area contributed by atoms with Gasteiger partial charge in [0.15, 0.2) is 5.58 Å². The summed E-state index contributed by atoms with van der Waals surface area (Å²) in [5.41, 5.74) is 3.87. The fourth-order valence-electron chi connectivity index (χ4n) is 5.70. The lowest BCUT2D eigenvalue weighted by Gasteiger charge is -2.21. The van der Waals surface area contributed by atoms with Crippen molar-refractivity contribution in [3.05, 3.63) is 121 Å². The minimum absolute atomic E-state index is 0.115. The zero-order valence-corrected chi connectivity index (χ0v) is 29.0. The number of rotatable bonds is 9. The number of furan rings is 1. The SMILES string of the molecule is CNC(=O)c1c(-c2ccc(F)cc2)oc2cc(N(C)S(C)(=O)=O)c(-c3cccc(-c4nc5ccc(NS(=O)(=O)c6ccccc6)cc5o4)c3)cc12. The van der Waals surface area contributed by atoms with Gasteiger partial charge in [-0.3, -0.25) is 13.8 Å². The summed E-state index contributed by atoms with van der Waals surface area (Å²) in [6.07, 6.45) is 1.08. The first-order valence-electron chi connectivity index (χ1n) is 15.4. The quantitative estimate of drug-likeness (QED) is 0.158. The lowest BCUT2D eigenvalue weighted by Crippen LogP contribution is -2.25. The second kappa shape index (κ2) is 12.7. The van der Waals surface area contributed by atoms with E-state index in [2.05, 4.69) is 15.0 Å². The molecule has 0 atom stereocenters. The number of carbonyl (C=O) groups excluding carboxylic acids is 1. The Hall–Kier alpha value is -5.99. The van der Waals surface area contributed by atoms with E-state index in [1.165, 1.54) is 50.5 Å². The molecule has 0 saturated carbocycles. The van der Waals surface area contributed by atoms with E-state index in [1.807, 2.05) is 0 Å². The first-order valence-corrected chi connectivity index (χ1v) is 18.8. The van der Waals surface area contributed by atoms with Crippen LogP contribution in [0.5, 0.6) is 0 Å². The summed E-state index contributed by atoms with van der Waals surface area (Å²) in [5.74, 6) is -0.474. The van der Waals surface area contributed by atoms with E-state index in [-0.39, 0.29) is 39.1 Å². The second-order valence-electron chi connectivity index (χ2n) is 11.7. The van der Waals surface area contributed by atoms with Crippen molar-refractivity contribution >= 4 is 59.4 Å². The number of fused-ring (bicyclic) bond motifs is 2. The highest BCUT2D eigenvalue weighted by molar-refractivity contribution is 7.92. The molecule has 2 aromatic heterocycles. The molecule has 0 spiro atoms. The highest BCUT2D eigenvalue weighted by Gasteiger charge is 2.26. The van der Waals surface area contributed by atoms with Crippen LogP contribution in [0, 0.1) is 5.82 Å². The van der Waals surface area contributed by atoms with Crippen LogP contribution < -0.4 is 14.3 Å². The average molecular weight is 725 g/mol. The van der Waals surface area contributed by atoms with Crippen molar-refractivity contribution in [2.45, 2.75) is 4.90 Å². The van der Waals surface area contributed by atoms with E-state index in [0.717, 1.165) is 10.6 Å². The lowest BCUT2D eigenvalue weighted by molar-refractivity contribution is 0.0964. The topological polar surface area (TPSA) is 152 Å². The van der Waals surface area contributed by atoms with Crippen LogP contribution in [0.1, 0.15) is 10.4 Å². The third kappa shape index (κ3) is 6.42. The molecular formula is C37H29FN4O7S2. The van der Waals surface area contributed by atoms with Gasteiger partial charge in [-0.15, -0.1) is 0 Å². The van der Waals surface area contributed by atoms with Gasteiger partial charge in [0.1, 0.15) is 22.7 Å². The van der Waals surface area contributed by atoms with E-state index < -0.39 is 31.8 Å². The van der Waals surface area contributed by atoms with Gasteiger partial charge in [-0.25, -0.2) is 26.2 Å². The van der Waals surface area contributed by atoms with E-state index >= 15 is 0 Å². The van der Waals surface area contributed by atoms with Crippen molar-refractivity contribution < 1.29 is 34.9 Å². The molecule has 5 aromatic carbocycles. The molecule has 7 rings (SSSR count). The number of halogens is 1. The predicted molar refractivity (Wildman–Crippen MR) is 194 cm³/mol. The molecule has 1 amide bonds. The third-order valence-corrected chi connectivity index (χ3v) is 10.9. The molecule has 0 unspecified atom stereocenters. The average Bonchev–Trinajstić information content (AvgIpc) is 3.72. The molecule has 11 nitrogen and oxygen atoms in total. The summed E-state index contributed by atoms with van der Waals surface area (Å²) < 4.78 is 81.1. The van der Waals surface area contributed by atoms with E-state index in [9.17, 15) is 26.0 Å². The normalized spacial score (nSPS) is 11.9. The van der Waals surface area contributed by atoms with Gasteiger partial charge in [0.2, 0.25) is 15.9 Å². The van der Waals surface area contributed by atoms with Gasteiger partial charge >= 0.3 is 0 Å². The highest BCUT2D eigenvalue weighted by atomic mass is 32.2. The van der Waals surface area contributed by atoms with Crippen LogP contribution in [0.3, 0.4) is 0 Å². The van der Waals surface area contributed by atoms with Crippen LogP contribution in [-0.2, 0) is 20.0 Å². The number of carbonyl (C=O) groups is 1. The molecule has 14 heteroatoms. The number of benzene rings is 5. The minimum atomic E-state index is -3.83. The summed E-state index contributed by atoms with van der Waals surface area (Å²) in [7, 11) is -4.70.